The number of carbonyl (C=O) groups is 1. The van der Waals surface area contributed by atoms with Crippen molar-refractivity contribution >= 4 is 17.7 Å². The summed E-state index contributed by atoms with van der Waals surface area (Å²) < 4.78 is 4.65. The molecule has 0 N–H and O–H groups in total. The molecule has 0 fully saturated rings. The Hall–Kier alpha value is -0.690. The van der Waals surface area contributed by atoms with Crippen LogP contribution in [0.2, 0.25) is 0 Å². The molecule has 0 aliphatic carbocycles. The average molecular weight is 159 g/mol. The first-order chi connectivity index (χ1) is 4.72. The summed E-state index contributed by atoms with van der Waals surface area (Å²) in [7, 11) is 0. The molecule has 0 aromatic rings. The Morgan fingerprint density at radius 3 is 2.90 bits per heavy atom. The normalized spacial score (nSPS) is 11.7. The summed E-state index contributed by atoms with van der Waals surface area (Å²) in [5, 5.41) is 9.61. The Balaban J connectivity index is 3.62. The van der Waals surface area contributed by atoms with Crippen molar-refractivity contribution in [2.75, 3.05) is 6.61 Å². The third kappa shape index (κ3) is 3.36. The van der Waals surface area contributed by atoms with E-state index in [1.807, 2.05) is 5.40 Å². The lowest BCUT2D eigenvalue weighted by Crippen LogP contribution is -2.15. The Morgan fingerprint density at radius 2 is 2.50 bits per heavy atom. The van der Waals surface area contributed by atoms with Crippen molar-refractivity contribution in [3.05, 3.63) is 0 Å². The van der Waals surface area contributed by atoms with E-state index in [-0.39, 0.29) is 11.2 Å². The second kappa shape index (κ2) is 5.12. The van der Waals surface area contributed by atoms with E-state index in [0.717, 1.165) is 11.8 Å². The number of nitriles is 1. The van der Waals surface area contributed by atoms with E-state index >= 15 is 0 Å². The highest BCUT2D eigenvalue weighted by atomic mass is 32.2. The van der Waals surface area contributed by atoms with E-state index in [1.54, 1.807) is 13.8 Å². The van der Waals surface area contributed by atoms with Crippen LogP contribution in [0.25, 0.3) is 0 Å². The van der Waals surface area contributed by atoms with Crippen LogP contribution in [0.15, 0.2) is 0 Å². The van der Waals surface area contributed by atoms with Gasteiger partial charge in [-0.25, -0.2) is 0 Å². The van der Waals surface area contributed by atoms with Gasteiger partial charge >= 0.3 is 5.97 Å². The number of hydrogen-bond donors (Lipinski definition) is 0. The molecular formula is C6H9NO2S. The van der Waals surface area contributed by atoms with Crippen LogP contribution in [0.5, 0.6) is 0 Å². The molecule has 0 saturated carbocycles. The van der Waals surface area contributed by atoms with Crippen LogP contribution < -0.4 is 0 Å². The second-order valence-corrected chi connectivity index (χ2v) is 2.73. The van der Waals surface area contributed by atoms with E-state index in [0.29, 0.717) is 6.61 Å². The molecule has 0 aliphatic heterocycles. The SMILES string of the molecule is CCOC(=O)C(C)SC#N. The van der Waals surface area contributed by atoms with Gasteiger partial charge in [-0.2, -0.15) is 5.26 Å². The third-order valence-corrected chi connectivity index (χ3v) is 1.50. The quantitative estimate of drug-likeness (QED) is 0.458. The first kappa shape index (κ1) is 9.31. The van der Waals surface area contributed by atoms with E-state index in [2.05, 4.69) is 4.74 Å². The van der Waals surface area contributed by atoms with Crippen molar-refractivity contribution in [1.29, 1.82) is 5.26 Å². The largest absolute Gasteiger partial charge is 0.465 e. The summed E-state index contributed by atoms with van der Waals surface area (Å²) in [6.45, 7) is 3.75. The highest BCUT2D eigenvalue weighted by Crippen LogP contribution is 2.08. The molecule has 0 spiro atoms. The molecule has 0 aromatic heterocycles. The number of thiocyanates is 1. The summed E-state index contributed by atoms with van der Waals surface area (Å²) in [5.41, 5.74) is 0. The lowest BCUT2D eigenvalue weighted by Gasteiger charge is -2.03. The molecule has 0 bridgehead atoms. The minimum atomic E-state index is -0.370. The molecule has 4 heteroatoms. The fourth-order valence-corrected chi connectivity index (χ4v) is 0.709. The molecule has 0 rings (SSSR count). The number of ether oxygens (including phenoxy) is 1. The van der Waals surface area contributed by atoms with Gasteiger partial charge in [-0.1, -0.05) is 0 Å². The first-order valence-corrected chi connectivity index (χ1v) is 3.81. The highest BCUT2D eigenvalue weighted by Gasteiger charge is 2.13. The monoisotopic (exact) mass is 159 g/mol. The summed E-state index contributed by atoms with van der Waals surface area (Å²) in [6, 6.07) is 0. The van der Waals surface area contributed by atoms with Gasteiger partial charge in [-0.3, -0.25) is 4.79 Å². The summed E-state index contributed by atoms with van der Waals surface area (Å²) in [5.74, 6) is -0.325. The smallest absolute Gasteiger partial charge is 0.319 e. The van der Waals surface area contributed by atoms with Crippen molar-refractivity contribution < 1.29 is 9.53 Å². The van der Waals surface area contributed by atoms with Gasteiger partial charge < -0.3 is 4.74 Å². The predicted octanol–water partition coefficient (Wildman–Crippen LogP) is 1.15. The predicted molar refractivity (Wildman–Crippen MR) is 39.3 cm³/mol. The van der Waals surface area contributed by atoms with Gasteiger partial charge in [0, 0.05) is 0 Å². The van der Waals surface area contributed by atoms with Crippen LogP contribution in [0.4, 0.5) is 0 Å². The maximum absolute atomic E-state index is 10.7. The molecule has 0 aliphatic rings. The van der Waals surface area contributed by atoms with Crippen LogP contribution in [0.1, 0.15) is 13.8 Å². The molecule has 0 aromatic carbocycles. The number of esters is 1. The van der Waals surface area contributed by atoms with Gasteiger partial charge in [0.2, 0.25) is 0 Å². The fourth-order valence-electron chi connectivity index (χ4n) is 0.387. The molecule has 0 saturated heterocycles. The van der Waals surface area contributed by atoms with E-state index < -0.39 is 0 Å². The maximum Gasteiger partial charge on any atom is 0.319 e. The maximum atomic E-state index is 10.7. The zero-order valence-electron chi connectivity index (χ0n) is 5.96. The van der Waals surface area contributed by atoms with Gasteiger partial charge in [0.15, 0.2) is 0 Å². The van der Waals surface area contributed by atoms with Gasteiger partial charge in [-0.05, 0) is 25.6 Å². The van der Waals surface area contributed by atoms with E-state index in [1.165, 1.54) is 0 Å². The number of thioether (sulfide) groups is 1. The van der Waals surface area contributed by atoms with Crippen molar-refractivity contribution in [1.82, 2.24) is 0 Å². The molecule has 0 amide bonds. The van der Waals surface area contributed by atoms with Gasteiger partial charge in [-0.15, -0.1) is 0 Å². The molecule has 0 radical (unpaired) electrons. The first-order valence-electron chi connectivity index (χ1n) is 2.93. The summed E-state index contributed by atoms with van der Waals surface area (Å²) in [6.07, 6.45) is 0. The molecule has 0 heterocycles. The highest BCUT2D eigenvalue weighted by molar-refractivity contribution is 8.04. The number of carbonyl (C=O) groups excluding carboxylic acids is 1. The van der Waals surface area contributed by atoms with Gasteiger partial charge in [0.25, 0.3) is 0 Å². The third-order valence-electron chi connectivity index (χ3n) is 0.848. The molecule has 3 nitrogen and oxygen atoms in total. The van der Waals surface area contributed by atoms with Gasteiger partial charge in [0.1, 0.15) is 10.7 Å². The van der Waals surface area contributed by atoms with Crippen LogP contribution in [0.3, 0.4) is 0 Å². The number of nitrogens with zero attached hydrogens (tertiary/aromatic N) is 1. The lowest BCUT2D eigenvalue weighted by atomic mass is 10.5. The van der Waals surface area contributed by atoms with Crippen LogP contribution in [0, 0.1) is 10.7 Å². The van der Waals surface area contributed by atoms with Crippen LogP contribution in [-0.4, -0.2) is 17.8 Å². The lowest BCUT2D eigenvalue weighted by molar-refractivity contribution is -0.142. The van der Waals surface area contributed by atoms with E-state index in [4.69, 9.17) is 5.26 Å². The Labute approximate surface area is 64.4 Å². The van der Waals surface area contributed by atoms with Gasteiger partial charge in [0.05, 0.1) is 6.61 Å². The van der Waals surface area contributed by atoms with E-state index in [9.17, 15) is 4.79 Å². The van der Waals surface area contributed by atoms with Crippen molar-refractivity contribution in [2.24, 2.45) is 0 Å². The van der Waals surface area contributed by atoms with Crippen LogP contribution in [-0.2, 0) is 9.53 Å². The minimum absolute atomic E-state index is 0.325. The Morgan fingerprint density at radius 1 is 1.90 bits per heavy atom. The molecule has 56 valence electrons. The molecule has 1 atom stereocenters. The Kier molecular flexibility index (Phi) is 4.77. The number of rotatable bonds is 3. The fraction of sp³-hybridized carbons (Fsp3) is 0.667. The summed E-state index contributed by atoms with van der Waals surface area (Å²) in [4.78, 5) is 10.7. The minimum Gasteiger partial charge on any atom is -0.465 e. The van der Waals surface area contributed by atoms with Crippen molar-refractivity contribution in [3.63, 3.8) is 0 Å². The summed E-state index contributed by atoms with van der Waals surface area (Å²) >= 11 is 0.910. The average Bonchev–Trinajstić information content (AvgIpc) is 1.89. The molecule has 1 unspecified atom stereocenters. The molecular weight excluding hydrogens is 150 g/mol. The number of hydrogen-bond acceptors (Lipinski definition) is 4. The van der Waals surface area contributed by atoms with Crippen molar-refractivity contribution in [3.8, 4) is 5.40 Å². The zero-order chi connectivity index (χ0) is 7.98. The Bertz CT molecular complexity index is 152. The van der Waals surface area contributed by atoms with Crippen LogP contribution >= 0.6 is 11.8 Å². The standard InChI is InChI=1S/C6H9NO2S/c1-3-9-6(8)5(2)10-4-7/h5H,3H2,1-2H3. The topological polar surface area (TPSA) is 50.1 Å². The molecule has 10 heavy (non-hydrogen) atoms. The van der Waals surface area contributed by atoms with Crippen molar-refractivity contribution in [2.45, 2.75) is 19.1 Å². The zero-order valence-corrected chi connectivity index (χ0v) is 6.77. The second-order valence-electron chi connectivity index (χ2n) is 1.60.